The average molecular weight is 241 g/mol. The molecule has 0 bridgehead atoms. The van der Waals surface area contributed by atoms with Gasteiger partial charge in [-0.1, -0.05) is 0 Å². The lowest BCUT2D eigenvalue weighted by Crippen LogP contribution is -2.26. The van der Waals surface area contributed by atoms with Crippen molar-refractivity contribution < 1.29 is 14.8 Å². The molecule has 0 saturated heterocycles. The highest BCUT2D eigenvalue weighted by atomic mass is 16.6. The van der Waals surface area contributed by atoms with Gasteiger partial charge in [-0.05, 0) is 12.5 Å². The van der Waals surface area contributed by atoms with Crippen LogP contribution in [-0.4, -0.2) is 41.4 Å². The fraction of sp³-hybridized carbons (Fsp3) is 0.500. The first kappa shape index (κ1) is 13.3. The summed E-state index contributed by atoms with van der Waals surface area (Å²) in [4.78, 5) is 13.8. The van der Waals surface area contributed by atoms with E-state index in [-0.39, 0.29) is 18.3 Å². The van der Waals surface area contributed by atoms with Crippen LogP contribution in [0.2, 0.25) is 0 Å². The summed E-state index contributed by atoms with van der Waals surface area (Å²) in [6.45, 7) is 0.466. The van der Waals surface area contributed by atoms with E-state index in [9.17, 15) is 10.1 Å². The van der Waals surface area contributed by atoms with E-state index in [4.69, 9.17) is 9.84 Å². The second kappa shape index (κ2) is 6.77. The minimum Gasteiger partial charge on any atom is -0.396 e. The van der Waals surface area contributed by atoms with Gasteiger partial charge < -0.3 is 15.2 Å². The maximum atomic E-state index is 10.4. The third kappa shape index (κ3) is 4.33. The van der Waals surface area contributed by atoms with Crippen molar-refractivity contribution in [3.05, 3.63) is 28.4 Å². The molecule has 7 nitrogen and oxygen atoms in total. The molecule has 0 amide bonds. The Morgan fingerprint density at radius 3 is 2.88 bits per heavy atom. The fourth-order valence-corrected chi connectivity index (χ4v) is 1.34. The lowest BCUT2D eigenvalue weighted by atomic mass is 10.2. The van der Waals surface area contributed by atoms with Gasteiger partial charge in [0.15, 0.2) is 0 Å². The lowest BCUT2D eigenvalue weighted by molar-refractivity contribution is -0.385. The van der Waals surface area contributed by atoms with Crippen molar-refractivity contribution in [2.24, 2.45) is 0 Å². The Bertz CT molecular complexity index is 349. The van der Waals surface area contributed by atoms with E-state index in [0.29, 0.717) is 18.8 Å². The van der Waals surface area contributed by atoms with Gasteiger partial charge in [0.2, 0.25) is 0 Å². The Labute approximate surface area is 98.6 Å². The van der Waals surface area contributed by atoms with Crippen LogP contribution in [0.5, 0.6) is 0 Å². The smallest absolute Gasteiger partial charge is 0.287 e. The van der Waals surface area contributed by atoms with Crippen LogP contribution in [-0.2, 0) is 4.74 Å². The van der Waals surface area contributed by atoms with E-state index in [0.717, 1.165) is 0 Å². The number of nitrogens with one attached hydrogen (secondary N) is 1. The Balaban J connectivity index is 2.62. The molecule has 1 atom stereocenters. The van der Waals surface area contributed by atoms with Gasteiger partial charge in [0.05, 0.1) is 17.6 Å². The van der Waals surface area contributed by atoms with Crippen LogP contribution >= 0.6 is 0 Å². The summed E-state index contributed by atoms with van der Waals surface area (Å²) in [6.07, 6.45) is 1.71. The van der Waals surface area contributed by atoms with Crippen LogP contribution in [0.25, 0.3) is 0 Å². The molecule has 1 aromatic rings. The maximum Gasteiger partial charge on any atom is 0.287 e. The highest BCUT2D eigenvalue weighted by molar-refractivity contribution is 5.40. The molecule has 0 radical (unpaired) electrons. The third-order valence-corrected chi connectivity index (χ3v) is 2.16. The standard InChI is InChI=1S/C10H15N3O4/c1-17-7-8(4-5-14)12-10-3-2-9(6-11-10)13(15)16/h2-3,6,8,14H,4-5,7H2,1H3,(H,11,12). The van der Waals surface area contributed by atoms with Gasteiger partial charge >= 0.3 is 0 Å². The Morgan fingerprint density at radius 2 is 2.41 bits per heavy atom. The van der Waals surface area contributed by atoms with Gasteiger partial charge in [-0.25, -0.2) is 4.98 Å². The number of ether oxygens (including phenoxy) is 1. The molecule has 1 unspecified atom stereocenters. The molecule has 1 heterocycles. The number of aliphatic hydroxyl groups is 1. The van der Waals surface area contributed by atoms with Gasteiger partial charge in [-0.15, -0.1) is 0 Å². The minimum atomic E-state index is -0.503. The maximum absolute atomic E-state index is 10.4. The van der Waals surface area contributed by atoms with Crippen molar-refractivity contribution in [1.82, 2.24) is 4.98 Å². The number of hydrogen-bond donors (Lipinski definition) is 2. The van der Waals surface area contributed by atoms with E-state index in [1.807, 2.05) is 0 Å². The second-order valence-electron chi connectivity index (χ2n) is 3.47. The fourth-order valence-electron chi connectivity index (χ4n) is 1.34. The summed E-state index contributed by atoms with van der Waals surface area (Å²) in [6, 6.07) is 2.83. The first-order valence-corrected chi connectivity index (χ1v) is 5.14. The highest BCUT2D eigenvalue weighted by Crippen LogP contribution is 2.13. The minimum absolute atomic E-state index is 0.0357. The quantitative estimate of drug-likeness (QED) is 0.541. The molecule has 1 aromatic heterocycles. The average Bonchev–Trinajstić information content (AvgIpc) is 2.30. The number of aromatic nitrogens is 1. The van der Waals surface area contributed by atoms with Crippen molar-refractivity contribution in [3.63, 3.8) is 0 Å². The first-order valence-electron chi connectivity index (χ1n) is 5.14. The zero-order valence-electron chi connectivity index (χ0n) is 9.50. The van der Waals surface area contributed by atoms with Crippen LogP contribution in [0.4, 0.5) is 11.5 Å². The Hall–Kier alpha value is -1.73. The summed E-state index contributed by atoms with van der Waals surface area (Å²) in [5.41, 5.74) is -0.0546. The molecule has 0 aliphatic heterocycles. The molecule has 0 saturated carbocycles. The number of nitro groups is 1. The van der Waals surface area contributed by atoms with E-state index in [1.54, 1.807) is 7.11 Å². The molecule has 0 spiro atoms. The number of pyridine rings is 1. The summed E-state index contributed by atoms with van der Waals surface area (Å²) in [5, 5.41) is 22.3. The molecular weight excluding hydrogens is 226 g/mol. The van der Waals surface area contributed by atoms with E-state index < -0.39 is 4.92 Å². The zero-order valence-corrected chi connectivity index (χ0v) is 9.50. The molecule has 0 aliphatic rings. The van der Waals surface area contributed by atoms with E-state index in [2.05, 4.69) is 10.3 Å². The molecule has 17 heavy (non-hydrogen) atoms. The molecular formula is C10H15N3O4. The van der Waals surface area contributed by atoms with Crippen molar-refractivity contribution in [2.45, 2.75) is 12.5 Å². The number of aliphatic hydroxyl groups excluding tert-OH is 1. The van der Waals surface area contributed by atoms with Gasteiger partial charge in [0.25, 0.3) is 5.69 Å². The van der Waals surface area contributed by atoms with E-state index >= 15 is 0 Å². The molecule has 0 fully saturated rings. The number of hydrogen-bond acceptors (Lipinski definition) is 6. The topological polar surface area (TPSA) is 97.5 Å². The summed E-state index contributed by atoms with van der Waals surface area (Å²) in [7, 11) is 1.56. The van der Waals surface area contributed by atoms with Crippen LogP contribution in [0.1, 0.15) is 6.42 Å². The molecule has 0 aliphatic carbocycles. The van der Waals surface area contributed by atoms with Crippen LogP contribution < -0.4 is 5.32 Å². The summed E-state index contributed by atoms with van der Waals surface area (Å²) in [5.74, 6) is 0.520. The Kier molecular flexibility index (Phi) is 5.31. The van der Waals surface area contributed by atoms with Gasteiger partial charge in [0, 0.05) is 19.8 Å². The van der Waals surface area contributed by atoms with Gasteiger partial charge in [-0.3, -0.25) is 10.1 Å². The third-order valence-electron chi connectivity index (χ3n) is 2.16. The highest BCUT2D eigenvalue weighted by Gasteiger charge is 2.10. The SMILES string of the molecule is COCC(CCO)Nc1ccc([N+](=O)[O-])cn1. The number of nitrogens with zero attached hydrogens (tertiary/aromatic N) is 2. The molecule has 94 valence electrons. The zero-order chi connectivity index (χ0) is 12.7. The molecule has 0 aromatic carbocycles. The van der Waals surface area contributed by atoms with E-state index in [1.165, 1.54) is 18.3 Å². The van der Waals surface area contributed by atoms with Crippen molar-refractivity contribution in [2.75, 3.05) is 25.6 Å². The lowest BCUT2D eigenvalue weighted by Gasteiger charge is -2.16. The van der Waals surface area contributed by atoms with Crippen molar-refractivity contribution in [3.8, 4) is 0 Å². The largest absolute Gasteiger partial charge is 0.396 e. The summed E-state index contributed by atoms with van der Waals surface area (Å²) >= 11 is 0. The molecule has 2 N–H and O–H groups in total. The second-order valence-corrected chi connectivity index (χ2v) is 3.47. The number of rotatable bonds is 7. The van der Waals surface area contributed by atoms with Crippen LogP contribution in [0, 0.1) is 10.1 Å². The normalized spacial score (nSPS) is 12.1. The predicted octanol–water partition coefficient (Wildman–Crippen LogP) is 0.799. The van der Waals surface area contributed by atoms with Crippen LogP contribution in [0.15, 0.2) is 18.3 Å². The van der Waals surface area contributed by atoms with Crippen LogP contribution in [0.3, 0.4) is 0 Å². The summed E-state index contributed by atoms with van der Waals surface area (Å²) < 4.78 is 4.98. The monoisotopic (exact) mass is 241 g/mol. The Morgan fingerprint density at radius 1 is 1.65 bits per heavy atom. The number of methoxy groups -OCH3 is 1. The van der Waals surface area contributed by atoms with Crippen molar-refractivity contribution >= 4 is 11.5 Å². The first-order chi connectivity index (χ1) is 8.17. The van der Waals surface area contributed by atoms with Gasteiger partial charge in [-0.2, -0.15) is 0 Å². The predicted molar refractivity (Wildman–Crippen MR) is 61.9 cm³/mol. The van der Waals surface area contributed by atoms with Crippen molar-refractivity contribution in [1.29, 1.82) is 0 Å². The molecule has 1 rings (SSSR count). The van der Waals surface area contributed by atoms with Gasteiger partial charge in [0.1, 0.15) is 12.0 Å². The molecule has 7 heteroatoms. The number of anilines is 1.